The predicted octanol–water partition coefficient (Wildman–Crippen LogP) is 3.36. The highest BCUT2D eigenvalue weighted by atomic mass is 16.5. The largest absolute Gasteiger partial charge is 0.496 e. The lowest BCUT2D eigenvalue weighted by Gasteiger charge is -2.12. The van der Waals surface area contributed by atoms with E-state index >= 15 is 0 Å². The molecule has 3 aromatic carbocycles. The van der Waals surface area contributed by atoms with Gasteiger partial charge in [-0.2, -0.15) is 0 Å². The fourth-order valence-corrected chi connectivity index (χ4v) is 2.76. The summed E-state index contributed by atoms with van der Waals surface area (Å²) in [6.45, 7) is 0.165. The van der Waals surface area contributed by atoms with E-state index in [4.69, 9.17) is 9.47 Å². The smallest absolute Gasteiger partial charge is 0.258 e. The van der Waals surface area contributed by atoms with Crippen molar-refractivity contribution in [2.24, 2.45) is 0 Å². The topological polar surface area (TPSA) is 64.6 Å². The SMILES string of the molecule is COc1ccccc1CNC(=O)COc1ccc2ccccc2c1C=O. The monoisotopic (exact) mass is 349 g/mol. The van der Waals surface area contributed by atoms with E-state index in [1.165, 1.54) is 0 Å². The number of carbonyl (C=O) groups is 2. The molecule has 3 aromatic rings. The molecule has 0 bridgehead atoms. The third kappa shape index (κ3) is 3.83. The zero-order valence-corrected chi connectivity index (χ0v) is 14.4. The van der Waals surface area contributed by atoms with Crippen LogP contribution in [0.15, 0.2) is 60.7 Å². The molecule has 0 aromatic heterocycles. The second kappa shape index (κ2) is 8.16. The highest BCUT2D eigenvalue weighted by Gasteiger charge is 2.10. The van der Waals surface area contributed by atoms with Gasteiger partial charge in [-0.25, -0.2) is 0 Å². The first-order valence-electron chi connectivity index (χ1n) is 8.21. The molecule has 132 valence electrons. The van der Waals surface area contributed by atoms with Crippen LogP contribution in [0.2, 0.25) is 0 Å². The quantitative estimate of drug-likeness (QED) is 0.664. The van der Waals surface area contributed by atoms with Gasteiger partial charge in [-0.05, 0) is 22.9 Å². The van der Waals surface area contributed by atoms with Crippen molar-refractivity contribution >= 4 is 23.0 Å². The Balaban J connectivity index is 1.64. The van der Waals surface area contributed by atoms with Crippen molar-refractivity contribution in [2.75, 3.05) is 13.7 Å². The molecular weight excluding hydrogens is 330 g/mol. The molecule has 1 amide bonds. The molecule has 0 aliphatic heterocycles. The second-order valence-electron chi connectivity index (χ2n) is 5.69. The lowest BCUT2D eigenvalue weighted by molar-refractivity contribution is -0.123. The summed E-state index contributed by atoms with van der Waals surface area (Å²) in [6, 6.07) is 18.6. The Labute approximate surface area is 151 Å². The van der Waals surface area contributed by atoms with Gasteiger partial charge >= 0.3 is 0 Å². The third-order valence-corrected chi connectivity index (χ3v) is 4.08. The first-order chi connectivity index (χ1) is 12.7. The van der Waals surface area contributed by atoms with Gasteiger partial charge in [0.1, 0.15) is 11.5 Å². The molecule has 5 heteroatoms. The van der Waals surface area contributed by atoms with Crippen LogP contribution in [-0.2, 0) is 11.3 Å². The summed E-state index contributed by atoms with van der Waals surface area (Å²) in [5.41, 5.74) is 1.32. The Morgan fingerprint density at radius 3 is 2.58 bits per heavy atom. The number of para-hydroxylation sites is 1. The molecule has 0 atom stereocenters. The molecule has 3 rings (SSSR count). The van der Waals surface area contributed by atoms with Crippen LogP contribution in [0, 0.1) is 0 Å². The Hall–Kier alpha value is -3.34. The maximum absolute atomic E-state index is 12.1. The number of nitrogens with one attached hydrogen (secondary N) is 1. The maximum atomic E-state index is 12.1. The zero-order valence-electron chi connectivity index (χ0n) is 14.4. The van der Waals surface area contributed by atoms with E-state index in [0.717, 1.165) is 22.6 Å². The van der Waals surface area contributed by atoms with Crippen molar-refractivity contribution in [3.63, 3.8) is 0 Å². The highest BCUT2D eigenvalue weighted by Crippen LogP contribution is 2.26. The van der Waals surface area contributed by atoms with Crippen molar-refractivity contribution in [3.05, 3.63) is 71.8 Å². The summed E-state index contributed by atoms with van der Waals surface area (Å²) in [7, 11) is 1.59. The van der Waals surface area contributed by atoms with Crippen LogP contribution in [0.5, 0.6) is 11.5 Å². The standard InChI is InChI=1S/C21H19NO4/c1-25-19-9-5-3-7-16(19)12-22-21(24)14-26-20-11-10-15-6-2-4-8-17(15)18(20)13-23/h2-11,13H,12,14H2,1H3,(H,22,24). The number of fused-ring (bicyclic) bond motifs is 1. The van der Waals surface area contributed by atoms with E-state index < -0.39 is 0 Å². The fourth-order valence-electron chi connectivity index (χ4n) is 2.76. The van der Waals surface area contributed by atoms with E-state index in [0.29, 0.717) is 23.6 Å². The third-order valence-electron chi connectivity index (χ3n) is 4.08. The summed E-state index contributed by atoms with van der Waals surface area (Å²) in [6.07, 6.45) is 0.754. The number of hydrogen-bond donors (Lipinski definition) is 1. The molecule has 0 unspecified atom stereocenters. The van der Waals surface area contributed by atoms with Crippen LogP contribution in [0.3, 0.4) is 0 Å². The van der Waals surface area contributed by atoms with Crippen molar-refractivity contribution in [3.8, 4) is 11.5 Å². The normalized spacial score (nSPS) is 10.3. The Morgan fingerprint density at radius 2 is 1.77 bits per heavy atom. The lowest BCUT2D eigenvalue weighted by Crippen LogP contribution is -2.28. The van der Waals surface area contributed by atoms with Gasteiger partial charge in [0.25, 0.3) is 5.91 Å². The van der Waals surface area contributed by atoms with Crippen molar-refractivity contribution in [1.82, 2.24) is 5.32 Å². The van der Waals surface area contributed by atoms with Crippen molar-refractivity contribution in [1.29, 1.82) is 0 Å². The molecule has 0 heterocycles. The molecular formula is C21H19NO4. The zero-order chi connectivity index (χ0) is 18.4. The number of methoxy groups -OCH3 is 1. The maximum Gasteiger partial charge on any atom is 0.258 e. The van der Waals surface area contributed by atoms with Gasteiger partial charge in [-0.3, -0.25) is 9.59 Å². The van der Waals surface area contributed by atoms with E-state index in [9.17, 15) is 9.59 Å². The van der Waals surface area contributed by atoms with Gasteiger partial charge in [0, 0.05) is 12.1 Å². The Morgan fingerprint density at radius 1 is 1.00 bits per heavy atom. The van der Waals surface area contributed by atoms with Crippen LogP contribution in [0.25, 0.3) is 10.8 Å². The number of aldehydes is 1. The van der Waals surface area contributed by atoms with Crippen molar-refractivity contribution < 1.29 is 19.1 Å². The summed E-state index contributed by atoms with van der Waals surface area (Å²) < 4.78 is 10.8. The molecule has 26 heavy (non-hydrogen) atoms. The number of rotatable bonds is 7. The fraction of sp³-hybridized carbons (Fsp3) is 0.143. The molecule has 5 nitrogen and oxygen atoms in total. The molecule has 0 radical (unpaired) electrons. The van der Waals surface area contributed by atoms with Crippen molar-refractivity contribution in [2.45, 2.75) is 6.54 Å². The van der Waals surface area contributed by atoms with Gasteiger partial charge in [-0.15, -0.1) is 0 Å². The number of amides is 1. The van der Waals surface area contributed by atoms with E-state index in [-0.39, 0.29) is 12.5 Å². The van der Waals surface area contributed by atoms with E-state index in [1.807, 2.05) is 54.6 Å². The van der Waals surface area contributed by atoms with E-state index in [2.05, 4.69) is 5.32 Å². The van der Waals surface area contributed by atoms with Gasteiger partial charge in [0.15, 0.2) is 12.9 Å². The van der Waals surface area contributed by atoms with Gasteiger partial charge in [-0.1, -0.05) is 48.5 Å². The first-order valence-corrected chi connectivity index (χ1v) is 8.21. The number of hydrogen-bond acceptors (Lipinski definition) is 4. The minimum atomic E-state index is -0.277. The van der Waals surface area contributed by atoms with Crippen LogP contribution in [0.1, 0.15) is 15.9 Å². The number of ether oxygens (including phenoxy) is 2. The minimum Gasteiger partial charge on any atom is -0.496 e. The predicted molar refractivity (Wildman–Crippen MR) is 99.7 cm³/mol. The summed E-state index contributed by atoms with van der Waals surface area (Å²) in [5, 5.41) is 4.53. The summed E-state index contributed by atoms with van der Waals surface area (Å²) in [5.74, 6) is 0.832. The number of benzene rings is 3. The van der Waals surface area contributed by atoms with E-state index in [1.54, 1.807) is 13.2 Å². The molecule has 0 saturated carbocycles. The molecule has 0 spiro atoms. The van der Waals surface area contributed by atoms with Crippen LogP contribution >= 0.6 is 0 Å². The minimum absolute atomic E-state index is 0.172. The average molecular weight is 349 g/mol. The van der Waals surface area contributed by atoms with Gasteiger partial charge < -0.3 is 14.8 Å². The van der Waals surface area contributed by atoms with Crippen LogP contribution < -0.4 is 14.8 Å². The summed E-state index contributed by atoms with van der Waals surface area (Å²) in [4.78, 5) is 23.6. The van der Waals surface area contributed by atoms with Crippen LogP contribution in [0.4, 0.5) is 0 Å². The first kappa shape index (κ1) is 17.5. The van der Waals surface area contributed by atoms with Crippen LogP contribution in [-0.4, -0.2) is 25.9 Å². The van der Waals surface area contributed by atoms with Gasteiger partial charge in [0.05, 0.1) is 12.7 Å². The Kier molecular flexibility index (Phi) is 5.49. The van der Waals surface area contributed by atoms with Gasteiger partial charge in [0.2, 0.25) is 0 Å². The highest BCUT2D eigenvalue weighted by molar-refractivity contribution is 6.00. The molecule has 0 aliphatic carbocycles. The second-order valence-corrected chi connectivity index (χ2v) is 5.69. The Bertz CT molecular complexity index is 936. The lowest BCUT2D eigenvalue weighted by atomic mass is 10.0. The summed E-state index contributed by atoms with van der Waals surface area (Å²) >= 11 is 0. The average Bonchev–Trinajstić information content (AvgIpc) is 2.70. The molecule has 0 aliphatic rings. The molecule has 0 saturated heterocycles. The molecule has 0 fully saturated rings. The molecule has 1 N–H and O–H groups in total. The number of carbonyl (C=O) groups excluding carboxylic acids is 2.